The Morgan fingerprint density at radius 1 is 1.37 bits per heavy atom. The van der Waals surface area contributed by atoms with Gasteiger partial charge in [0.25, 0.3) is 0 Å². The van der Waals surface area contributed by atoms with Crippen molar-refractivity contribution in [2.75, 3.05) is 13.2 Å². The summed E-state index contributed by atoms with van der Waals surface area (Å²) in [4.78, 5) is 0. The summed E-state index contributed by atoms with van der Waals surface area (Å²) in [5.74, 6) is 0.783. The highest BCUT2D eigenvalue weighted by Gasteiger charge is 2.49. The van der Waals surface area contributed by atoms with Crippen molar-refractivity contribution in [2.45, 2.75) is 77.5 Å². The number of nitrogens with two attached hydrogens (primary N) is 1. The average Bonchev–Trinajstić information content (AvgIpc) is 2.32. The smallest absolute Gasteiger partial charge is 0.0655 e. The first-order valence-electron chi connectivity index (χ1n) is 8.01. The summed E-state index contributed by atoms with van der Waals surface area (Å²) < 4.78 is 5.79. The standard InChI is InChI=1S/C16H32N2O/c1-5-19-14-9-13(15(14,3)4)18-11-16(17)8-6-7-12(2)10-16/h12-14,18H,5-11,17H2,1-4H3. The first kappa shape index (κ1) is 15.3. The molecule has 0 spiro atoms. The molecule has 3 nitrogen and oxygen atoms in total. The summed E-state index contributed by atoms with van der Waals surface area (Å²) in [5, 5.41) is 3.72. The van der Waals surface area contributed by atoms with E-state index in [0.717, 1.165) is 25.5 Å². The number of hydrogen-bond acceptors (Lipinski definition) is 3. The van der Waals surface area contributed by atoms with Gasteiger partial charge in [-0.3, -0.25) is 0 Å². The van der Waals surface area contributed by atoms with E-state index in [9.17, 15) is 0 Å². The molecule has 0 bridgehead atoms. The van der Waals surface area contributed by atoms with Crippen molar-refractivity contribution in [3.63, 3.8) is 0 Å². The zero-order valence-electron chi connectivity index (χ0n) is 13.2. The monoisotopic (exact) mass is 268 g/mol. The third-order valence-corrected chi connectivity index (χ3v) is 5.37. The SMILES string of the molecule is CCOC1CC(NCC2(N)CCCC(C)C2)C1(C)C. The van der Waals surface area contributed by atoms with Crippen LogP contribution in [-0.2, 0) is 4.74 Å². The molecule has 0 aliphatic heterocycles. The maximum atomic E-state index is 6.56. The lowest BCUT2D eigenvalue weighted by Gasteiger charge is -2.53. The Morgan fingerprint density at radius 3 is 2.68 bits per heavy atom. The van der Waals surface area contributed by atoms with E-state index >= 15 is 0 Å². The third-order valence-electron chi connectivity index (χ3n) is 5.37. The summed E-state index contributed by atoms with van der Waals surface area (Å²) in [6.45, 7) is 10.8. The highest BCUT2D eigenvalue weighted by Crippen LogP contribution is 2.43. The van der Waals surface area contributed by atoms with E-state index in [0.29, 0.717) is 12.1 Å². The topological polar surface area (TPSA) is 47.3 Å². The molecular formula is C16H32N2O. The lowest BCUT2D eigenvalue weighted by atomic mass is 9.64. The van der Waals surface area contributed by atoms with Crippen LogP contribution in [0.1, 0.15) is 59.8 Å². The molecule has 112 valence electrons. The Kier molecular flexibility index (Phi) is 4.59. The lowest BCUT2D eigenvalue weighted by Crippen LogP contribution is -2.64. The van der Waals surface area contributed by atoms with Crippen molar-refractivity contribution < 1.29 is 4.74 Å². The minimum absolute atomic E-state index is 0.0183. The van der Waals surface area contributed by atoms with Crippen molar-refractivity contribution >= 4 is 0 Å². The summed E-state index contributed by atoms with van der Waals surface area (Å²) in [5.41, 5.74) is 6.83. The van der Waals surface area contributed by atoms with Crippen molar-refractivity contribution in [1.29, 1.82) is 0 Å². The summed E-state index contributed by atoms with van der Waals surface area (Å²) in [6.07, 6.45) is 6.52. The quantitative estimate of drug-likeness (QED) is 0.806. The molecule has 4 atom stereocenters. The molecule has 0 heterocycles. The van der Waals surface area contributed by atoms with Gasteiger partial charge in [0.1, 0.15) is 0 Å². The molecule has 0 aromatic heterocycles. The molecule has 0 radical (unpaired) electrons. The van der Waals surface area contributed by atoms with Crippen LogP contribution in [0.4, 0.5) is 0 Å². The van der Waals surface area contributed by atoms with Gasteiger partial charge in [-0.05, 0) is 32.1 Å². The molecule has 3 N–H and O–H groups in total. The molecule has 2 rings (SSSR count). The van der Waals surface area contributed by atoms with Crippen LogP contribution in [0.15, 0.2) is 0 Å². The Hall–Kier alpha value is -0.120. The number of nitrogens with one attached hydrogen (secondary N) is 1. The van der Waals surface area contributed by atoms with Crippen molar-refractivity contribution in [1.82, 2.24) is 5.32 Å². The predicted molar refractivity (Wildman–Crippen MR) is 80.2 cm³/mol. The van der Waals surface area contributed by atoms with E-state index in [1.807, 2.05) is 0 Å². The molecule has 0 saturated heterocycles. The zero-order valence-corrected chi connectivity index (χ0v) is 13.2. The molecule has 0 aromatic carbocycles. The average molecular weight is 268 g/mol. The van der Waals surface area contributed by atoms with E-state index in [4.69, 9.17) is 10.5 Å². The van der Waals surface area contributed by atoms with Crippen LogP contribution < -0.4 is 11.1 Å². The minimum Gasteiger partial charge on any atom is -0.378 e. The fourth-order valence-electron chi connectivity index (χ4n) is 3.90. The van der Waals surface area contributed by atoms with Gasteiger partial charge in [-0.1, -0.05) is 33.6 Å². The molecule has 0 aromatic rings. The van der Waals surface area contributed by atoms with E-state index in [-0.39, 0.29) is 11.0 Å². The van der Waals surface area contributed by atoms with Crippen LogP contribution in [0.5, 0.6) is 0 Å². The lowest BCUT2D eigenvalue weighted by molar-refractivity contribution is -0.115. The zero-order chi connectivity index (χ0) is 14.1. The van der Waals surface area contributed by atoms with Crippen molar-refractivity contribution in [3.8, 4) is 0 Å². The van der Waals surface area contributed by atoms with Gasteiger partial charge >= 0.3 is 0 Å². The molecule has 3 heteroatoms. The number of ether oxygens (including phenoxy) is 1. The number of hydrogen-bond donors (Lipinski definition) is 2. The van der Waals surface area contributed by atoms with Gasteiger partial charge in [0.15, 0.2) is 0 Å². The summed E-state index contributed by atoms with van der Waals surface area (Å²) in [6, 6.07) is 0.557. The van der Waals surface area contributed by atoms with Gasteiger partial charge in [0.05, 0.1) is 6.10 Å². The highest BCUT2D eigenvalue weighted by atomic mass is 16.5. The molecule has 2 aliphatic rings. The van der Waals surface area contributed by atoms with E-state index in [2.05, 4.69) is 33.0 Å². The van der Waals surface area contributed by atoms with E-state index in [1.165, 1.54) is 25.7 Å². The van der Waals surface area contributed by atoms with Gasteiger partial charge in [-0.25, -0.2) is 0 Å². The van der Waals surface area contributed by atoms with Crippen LogP contribution in [-0.4, -0.2) is 30.8 Å². The Bertz CT molecular complexity index is 305. The van der Waals surface area contributed by atoms with Gasteiger partial charge in [0.2, 0.25) is 0 Å². The Balaban J connectivity index is 1.80. The van der Waals surface area contributed by atoms with Crippen LogP contribution in [0.2, 0.25) is 0 Å². The first-order chi connectivity index (χ1) is 8.87. The second-order valence-electron chi connectivity index (χ2n) is 7.50. The van der Waals surface area contributed by atoms with Gasteiger partial charge in [-0.15, -0.1) is 0 Å². The second kappa shape index (κ2) is 5.71. The highest BCUT2D eigenvalue weighted by molar-refractivity contribution is 5.04. The largest absolute Gasteiger partial charge is 0.378 e. The van der Waals surface area contributed by atoms with Crippen molar-refractivity contribution in [2.24, 2.45) is 17.1 Å². The summed E-state index contributed by atoms with van der Waals surface area (Å²) in [7, 11) is 0. The minimum atomic E-state index is 0.0183. The molecule has 0 amide bonds. The molecule has 2 saturated carbocycles. The van der Waals surface area contributed by atoms with Gasteiger partial charge < -0.3 is 15.8 Å². The molecular weight excluding hydrogens is 236 g/mol. The number of rotatable bonds is 5. The van der Waals surface area contributed by atoms with Gasteiger partial charge in [-0.2, -0.15) is 0 Å². The van der Waals surface area contributed by atoms with Crippen LogP contribution in [0.25, 0.3) is 0 Å². The van der Waals surface area contributed by atoms with Crippen LogP contribution in [0.3, 0.4) is 0 Å². The van der Waals surface area contributed by atoms with Gasteiger partial charge in [0, 0.05) is 30.1 Å². The van der Waals surface area contributed by atoms with E-state index < -0.39 is 0 Å². The Morgan fingerprint density at radius 2 is 2.11 bits per heavy atom. The van der Waals surface area contributed by atoms with E-state index in [1.54, 1.807) is 0 Å². The normalized spacial score (nSPS) is 41.8. The third kappa shape index (κ3) is 3.32. The van der Waals surface area contributed by atoms with Crippen LogP contribution in [0, 0.1) is 11.3 Å². The molecule has 2 aliphatic carbocycles. The fraction of sp³-hybridized carbons (Fsp3) is 1.00. The second-order valence-corrected chi connectivity index (χ2v) is 7.50. The van der Waals surface area contributed by atoms with Crippen molar-refractivity contribution in [3.05, 3.63) is 0 Å². The molecule has 2 fully saturated rings. The fourth-order valence-corrected chi connectivity index (χ4v) is 3.90. The maximum Gasteiger partial charge on any atom is 0.0655 e. The predicted octanol–water partition coefficient (Wildman–Crippen LogP) is 2.69. The maximum absolute atomic E-state index is 6.56. The van der Waals surface area contributed by atoms with Crippen LogP contribution >= 0.6 is 0 Å². The molecule has 19 heavy (non-hydrogen) atoms. The summed E-state index contributed by atoms with van der Waals surface area (Å²) >= 11 is 0. The Labute approximate surface area is 118 Å². The first-order valence-corrected chi connectivity index (χ1v) is 8.01. The molecule has 4 unspecified atom stereocenters.